The molecule has 1 aromatic heterocycles. The average Bonchev–Trinajstić information content (AvgIpc) is 2.76. The quantitative estimate of drug-likeness (QED) is 0.207. The van der Waals surface area contributed by atoms with E-state index >= 15 is 0 Å². The Hall–Kier alpha value is -3.83. The molecule has 0 aliphatic rings. The van der Waals surface area contributed by atoms with Gasteiger partial charge in [-0.2, -0.15) is 0 Å². The summed E-state index contributed by atoms with van der Waals surface area (Å²) in [6.07, 6.45) is 5.60. The Kier molecular flexibility index (Phi) is 5.63. The van der Waals surface area contributed by atoms with Gasteiger partial charge in [0, 0.05) is 28.8 Å². The summed E-state index contributed by atoms with van der Waals surface area (Å²) in [4.78, 5) is 19.4. The first-order valence-corrected chi connectivity index (χ1v) is 9.58. The van der Waals surface area contributed by atoms with Crippen molar-refractivity contribution in [3.05, 3.63) is 111 Å². The Morgan fingerprint density at radius 1 is 0.900 bits per heavy atom. The number of non-ortho nitro benzene ring substituents is 1. The van der Waals surface area contributed by atoms with Crippen molar-refractivity contribution in [1.82, 2.24) is 4.98 Å². The van der Waals surface area contributed by atoms with Gasteiger partial charge in [-0.15, -0.1) is 0 Å². The standard InChI is InChI=1S/C24H16ClN3O2/c25-20-10-8-19-9-12-21(27-24(19)14-20)11-7-17-3-1-4-18(13-17)16-26-22-5-2-6-23(15-22)28(29)30/h1-16H/b11-7+,26-16?. The largest absolute Gasteiger partial charge is 0.271 e. The fourth-order valence-electron chi connectivity index (χ4n) is 2.96. The molecule has 1 heterocycles. The summed E-state index contributed by atoms with van der Waals surface area (Å²) in [5.41, 5.74) is 4.12. The average molecular weight is 414 g/mol. The Labute approximate surface area is 178 Å². The van der Waals surface area contributed by atoms with E-state index in [4.69, 9.17) is 11.6 Å². The number of pyridine rings is 1. The lowest BCUT2D eigenvalue weighted by molar-refractivity contribution is -0.384. The molecule has 0 bridgehead atoms. The van der Waals surface area contributed by atoms with E-state index in [1.165, 1.54) is 12.1 Å². The minimum absolute atomic E-state index is 0.0190. The number of fused-ring (bicyclic) bond motifs is 1. The molecule has 0 aliphatic carbocycles. The van der Waals surface area contributed by atoms with Crippen LogP contribution in [-0.4, -0.2) is 16.1 Å². The summed E-state index contributed by atoms with van der Waals surface area (Å²) in [6, 6.07) is 23.7. The molecule has 3 aromatic carbocycles. The minimum atomic E-state index is -0.431. The molecular formula is C24H16ClN3O2. The van der Waals surface area contributed by atoms with Crippen molar-refractivity contribution in [3.8, 4) is 0 Å². The van der Waals surface area contributed by atoms with Gasteiger partial charge in [0.15, 0.2) is 0 Å². The molecule has 5 nitrogen and oxygen atoms in total. The Morgan fingerprint density at radius 3 is 2.57 bits per heavy atom. The maximum Gasteiger partial charge on any atom is 0.271 e. The molecule has 146 valence electrons. The van der Waals surface area contributed by atoms with Crippen molar-refractivity contribution < 1.29 is 4.92 Å². The number of benzene rings is 3. The molecule has 0 unspecified atom stereocenters. The van der Waals surface area contributed by atoms with Gasteiger partial charge in [0.1, 0.15) is 0 Å². The molecule has 0 aliphatic heterocycles. The zero-order valence-corrected chi connectivity index (χ0v) is 16.5. The summed E-state index contributed by atoms with van der Waals surface area (Å²) in [5, 5.41) is 12.6. The van der Waals surface area contributed by atoms with Crippen LogP contribution in [0.5, 0.6) is 0 Å². The van der Waals surface area contributed by atoms with Gasteiger partial charge in [-0.3, -0.25) is 15.1 Å². The maximum absolute atomic E-state index is 10.9. The van der Waals surface area contributed by atoms with Gasteiger partial charge >= 0.3 is 0 Å². The monoisotopic (exact) mass is 413 g/mol. The zero-order chi connectivity index (χ0) is 20.9. The summed E-state index contributed by atoms with van der Waals surface area (Å²) in [7, 11) is 0. The lowest BCUT2D eigenvalue weighted by atomic mass is 10.1. The first-order valence-electron chi connectivity index (χ1n) is 9.20. The van der Waals surface area contributed by atoms with Crippen LogP contribution in [0.25, 0.3) is 23.1 Å². The number of nitrogens with zero attached hydrogens (tertiary/aromatic N) is 3. The summed E-state index contributed by atoms with van der Waals surface area (Å²) in [6.45, 7) is 0. The van der Waals surface area contributed by atoms with Crippen molar-refractivity contribution in [2.45, 2.75) is 0 Å². The molecule has 0 fully saturated rings. The van der Waals surface area contributed by atoms with E-state index in [0.717, 1.165) is 27.7 Å². The number of hydrogen-bond acceptors (Lipinski definition) is 4. The first kappa shape index (κ1) is 19.5. The summed E-state index contributed by atoms with van der Waals surface area (Å²) < 4.78 is 0. The van der Waals surface area contributed by atoms with Gasteiger partial charge < -0.3 is 0 Å². The van der Waals surface area contributed by atoms with E-state index in [1.54, 1.807) is 18.3 Å². The number of halogens is 1. The normalized spacial score (nSPS) is 11.5. The van der Waals surface area contributed by atoms with Crippen LogP contribution in [0, 0.1) is 10.1 Å². The second kappa shape index (κ2) is 8.68. The molecule has 0 amide bonds. The van der Waals surface area contributed by atoms with E-state index in [9.17, 15) is 10.1 Å². The van der Waals surface area contributed by atoms with Crippen molar-refractivity contribution >= 4 is 52.2 Å². The minimum Gasteiger partial charge on any atom is -0.258 e. The summed E-state index contributed by atoms with van der Waals surface area (Å²) >= 11 is 6.06. The number of rotatable bonds is 5. The highest BCUT2D eigenvalue weighted by Crippen LogP contribution is 2.20. The number of aliphatic imine (C=N–C) groups is 1. The third-order valence-electron chi connectivity index (χ3n) is 4.44. The molecule has 0 radical (unpaired) electrons. The second-order valence-electron chi connectivity index (χ2n) is 6.61. The van der Waals surface area contributed by atoms with Crippen LogP contribution in [0.4, 0.5) is 11.4 Å². The number of aromatic nitrogens is 1. The highest BCUT2D eigenvalue weighted by molar-refractivity contribution is 6.31. The Morgan fingerprint density at radius 2 is 1.70 bits per heavy atom. The number of nitro benzene ring substituents is 1. The molecule has 4 aromatic rings. The predicted octanol–water partition coefficient (Wildman–Crippen LogP) is 6.72. The fourth-order valence-corrected chi connectivity index (χ4v) is 3.13. The second-order valence-corrected chi connectivity index (χ2v) is 7.05. The van der Waals surface area contributed by atoms with Crippen LogP contribution in [0.3, 0.4) is 0 Å². The highest BCUT2D eigenvalue weighted by atomic mass is 35.5. The molecule has 0 atom stereocenters. The van der Waals surface area contributed by atoms with Crippen LogP contribution >= 0.6 is 11.6 Å². The van der Waals surface area contributed by atoms with Crippen LogP contribution in [0.15, 0.2) is 83.9 Å². The molecule has 30 heavy (non-hydrogen) atoms. The van der Waals surface area contributed by atoms with Gasteiger partial charge in [0.2, 0.25) is 0 Å². The SMILES string of the molecule is O=[N+]([O-])c1cccc(N=Cc2cccc(/C=C/c3ccc4ccc(Cl)cc4n3)c2)c1. The van der Waals surface area contributed by atoms with Gasteiger partial charge in [0.25, 0.3) is 5.69 Å². The molecule has 0 saturated carbocycles. The van der Waals surface area contributed by atoms with Crippen molar-refractivity contribution in [2.24, 2.45) is 4.99 Å². The van der Waals surface area contributed by atoms with Gasteiger partial charge in [-0.05, 0) is 47.5 Å². The van der Waals surface area contributed by atoms with Crippen LogP contribution in [-0.2, 0) is 0 Å². The van der Waals surface area contributed by atoms with E-state index in [-0.39, 0.29) is 5.69 Å². The van der Waals surface area contributed by atoms with Gasteiger partial charge in [0.05, 0.1) is 21.8 Å². The van der Waals surface area contributed by atoms with Crippen molar-refractivity contribution in [3.63, 3.8) is 0 Å². The summed E-state index contributed by atoms with van der Waals surface area (Å²) in [5.74, 6) is 0. The Bertz CT molecular complexity index is 1300. The topological polar surface area (TPSA) is 68.4 Å². The highest BCUT2D eigenvalue weighted by Gasteiger charge is 2.04. The van der Waals surface area contributed by atoms with Gasteiger partial charge in [-0.25, -0.2) is 4.98 Å². The third kappa shape index (κ3) is 4.77. The predicted molar refractivity (Wildman–Crippen MR) is 122 cm³/mol. The van der Waals surface area contributed by atoms with Crippen molar-refractivity contribution in [2.75, 3.05) is 0 Å². The lowest BCUT2D eigenvalue weighted by Crippen LogP contribution is -1.86. The molecule has 4 rings (SSSR count). The zero-order valence-electron chi connectivity index (χ0n) is 15.8. The molecule has 0 spiro atoms. The smallest absolute Gasteiger partial charge is 0.258 e. The molecule has 0 saturated heterocycles. The van der Waals surface area contributed by atoms with Crippen LogP contribution < -0.4 is 0 Å². The van der Waals surface area contributed by atoms with E-state index in [0.29, 0.717) is 10.7 Å². The molecule has 6 heteroatoms. The molecule has 0 N–H and O–H groups in total. The third-order valence-corrected chi connectivity index (χ3v) is 4.67. The van der Waals surface area contributed by atoms with Gasteiger partial charge in [-0.1, -0.05) is 54.1 Å². The van der Waals surface area contributed by atoms with Crippen LogP contribution in [0.1, 0.15) is 16.8 Å². The lowest BCUT2D eigenvalue weighted by Gasteiger charge is -2.00. The molecular weight excluding hydrogens is 398 g/mol. The maximum atomic E-state index is 10.9. The van der Waals surface area contributed by atoms with E-state index in [2.05, 4.69) is 9.98 Å². The van der Waals surface area contributed by atoms with Crippen LogP contribution in [0.2, 0.25) is 5.02 Å². The van der Waals surface area contributed by atoms with Crippen molar-refractivity contribution in [1.29, 1.82) is 0 Å². The van der Waals surface area contributed by atoms with E-state index < -0.39 is 4.92 Å². The Balaban J connectivity index is 1.53. The van der Waals surface area contributed by atoms with E-state index in [1.807, 2.05) is 66.7 Å². The first-order chi connectivity index (χ1) is 14.6. The fraction of sp³-hybridized carbons (Fsp3) is 0. The number of hydrogen-bond donors (Lipinski definition) is 0. The number of nitro groups is 1.